The Morgan fingerprint density at radius 3 is 2.29 bits per heavy atom. The first kappa shape index (κ1) is 15.4. The van der Waals surface area contributed by atoms with E-state index in [0.29, 0.717) is 12.0 Å². The summed E-state index contributed by atoms with van der Waals surface area (Å²) in [6.45, 7) is -0.0522. The SMILES string of the molecule is O=C(Nc1ccccc1)/C(=C\Sc1ccccc1)CCO. The topological polar surface area (TPSA) is 49.3 Å². The normalized spacial score (nSPS) is 11.2. The van der Waals surface area contributed by atoms with Gasteiger partial charge in [-0.2, -0.15) is 0 Å². The standard InChI is InChI=1S/C17H17NO2S/c19-12-11-14(13-21-16-9-5-2-6-10-16)17(20)18-15-7-3-1-4-8-15/h1-10,13,19H,11-12H2,(H,18,20)/b14-13-. The van der Waals surface area contributed by atoms with Crippen molar-refractivity contribution >= 4 is 23.4 Å². The Morgan fingerprint density at radius 1 is 1.05 bits per heavy atom. The van der Waals surface area contributed by atoms with Crippen molar-refractivity contribution in [3.05, 3.63) is 71.6 Å². The third-order valence-corrected chi connectivity index (χ3v) is 3.73. The first-order valence-electron chi connectivity index (χ1n) is 6.67. The molecule has 0 aliphatic heterocycles. The zero-order valence-corrected chi connectivity index (χ0v) is 12.3. The van der Waals surface area contributed by atoms with E-state index in [4.69, 9.17) is 5.11 Å². The van der Waals surface area contributed by atoms with Crippen LogP contribution in [0.5, 0.6) is 0 Å². The van der Waals surface area contributed by atoms with E-state index in [2.05, 4.69) is 5.32 Å². The van der Waals surface area contributed by atoms with Gasteiger partial charge in [0.1, 0.15) is 0 Å². The monoisotopic (exact) mass is 299 g/mol. The van der Waals surface area contributed by atoms with Crippen molar-refractivity contribution in [3.8, 4) is 0 Å². The Labute approximate surface area is 128 Å². The van der Waals surface area contributed by atoms with Crippen molar-refractivity contribution in [3.63, 3.8) is 0 Å². The van der Waals surface area contributed by atoms with Gasteiger partial charge in [-0.3, -0.25) is 4.79 Å². The number of hydrogen-bond acceptors (Lipinski definition) is 3. The van der Waals surface area contributed by atoms with Crippen molar-refractivity contribution < 1.29 is 9.90 Å². The molecule has 2 N–H and O–H groups in total. The molecule has 21 heavy (non-hydrogen) atoms. The molecule has 108 valence electrons. The van der Waals surface area contributed by atoms with Crippen molar-refractivity contribution in [2.24, 2.45) is 0 Å². The lowest BCUT2D eigenvalue weighted by Crippen LogP contribution is -2.15. The van der Waals surface area contributed by atoms with Crippen LogP contribution in [-0.2, 0) is 4.79 Å². The average Bonchev–Trinajstić information content (AvgIpc) is 2.53. The zero-order chi connectivity index (χ0) is 14.9. The van der Waals surface area contributed by atoms with Gasteiger partial charge in [-0.05, 0) is 29.7 Å². The van der Waals surface area contributed by atoms with Gasteiger partial charge in [-0.15, -0.1) is 0 Å². The number of thioether (sulfide) groups is 1. The number of nitrogens with one attached hydrogen (secondary N) is 1. The van der Waals surface area contributed by atoms with E-state index in [0.717, 1.165) is 10.6 Å². The second kappa shape index (κ2) is 8.29. The Morgan fingerprint density at radius 2 is 1.67 bits per heavy atom. The number of anilines is 1. The first-order valence-corrected chi connectivity index (χ1v) is 7.55. The molecule has 3 nitrogen and oxygen atoms in total. The minimum Gasteiger partial charge on any atom is -0.396 e. The lowest BCUT2D eigenvalue weighted by molar-refractivity contribution is -0.113. The van der Waals surface area contributed by atoms with Crippen LogP contribution in [-0.4, -0.2) is 17.6 Å². The number of aliphatic hydroxyl groups excluding tert-OH is 1. The minimum absolute atomic E-state index is 0.0522. The van der Waals surface area contributed by atoms with Crippen LogP contribution in [0.1, 0.15) is 6.42 Å². The highest BCUT2D eigenvalue weighted by atomic mass is 32.2. The van der Waals surface area contributed by atoms with E-state index in [1.807, 2.05) is 60.7 Å². The number of hydrogen-bond donors (Lipinski definition) is 2. The van der Waals surface area contributed by atoms with E-state index < -0.39 is 0 Å². The number of para-hydroxylation sites is 1. The summed E-state index contributed by atoms with van der Waals surface area (Å²) in [5, 5.41) is 13.7. The third kappa shape index (κ3) is 5.10. The lowest BCUT2D eigenvalue weighted by Gasteiger charge is -2.08. The second-order valence-corrected chi connectivity index (χ2v) is 5.31. The molecule has 0 unspecified atom stereocenters. The average molecular weight is 299 g/mol. The third-order valence-electron chi connectivity index (χ3n) is 2.78. The molecule has 0 saturated carbocycles. The summed E-state index contributed by atoms with van der Waals surface area (Å²) in [6.07, 6.45) is 0.332. The summed E-state index contributed by atoms with van der Waals surface area (Å²) < 4.78 is 0. The van der Waals surface area contributed by atoms with Crippen LogP contribution in [0, 0.1) is 0 Å². The molecule has 1 amide bonds. The number of rotatable bonds is 6. The van der Waals surface area contributed by atoms with Crippen molar-refractivity contribution in [1.29, 1.82) is 0 Å². The van der Waals surface area contributed by atoms with Crippen LogP contribution in [0.25, 0.3) is 0 Å². The largest absolute Gasteiger partial charge is 0.396 e. The van der Waals surface area contributed by atoms with Crippen molar-refractivity contribution in [2.75, 3.05) is 11.9 Å². The number of aliphatic hydroxyl groups is 1. The lowest BCUT2D eigenvalue weighted by atomic mass is 10.2. The van der Waals surface area contributed by atoms with Gasteiger partial charge < -0.3 is 10.4 Å². The molecule has 0 spiro atoms. The second-order valence-electron chi connectivity index (χ2n) is 4.37. The fraction of sp³-hybridized carbons (Fsp3) is 0.118. The predicted molar refractivity (Wildman–Crippen MR) is 87.2 cm³/mol. The summed E-state index contributed by atoms with van der Waals surface area (Å²) in [4.78, 5) is 13.3. The molecule has 0 fully saturated rings. The smallest absolute Gasteiger partial charge is 0.252 e. The molecular formula is C17H17NO2S. The number of amides is 1. The van der Waals surface area contributed by atoms with Gasteiger partial charge in [0, 0.05) is 29.2 Å². The van der Waals surface area contributed by atoms with Gasteiger partial charge in [0.05, 0.1) is 0 Å². The number of carbonyl (C=O) groups is 1. The van der Waals surface area contributed by atoms with Crippen molar-refractivity contribution in [2.45, 2.75) is 11.3 Å². The van der Waals surface area contributed by atoms with Crippen LogP contribution in [0.2, 0.25) is 0 Å². The maximum atomic E-state index is 12.2. The highest BCUT2D eigenvalue weighted by Crippen LogP contribution is 2.22. The molecule has 0 heterocycles. The highest BCUT2D eigenvalue weighted by molar-refractivity contribution is 8.02. The molecule has 2 aromatic rings. The number of benzene rings is 2. The van der Waals surface area contributed by atoms with Gasteiger partial charge in [0.15, 0.2) is 0 Å². The summed E-state index contributed by atoms with van der Waals surface area (Å²) in [6, 6.07) is 19.1. The minimum atomic E-state index is -0.182. The molecule has 0 aromatic heterocycles. The van der Waals surface area contributed by atoms with Crippen LogP contribution < -0.4 is 5.32 Å². The maximum absolute atomic E-state index is 12.2. The molecule has 2 rings (SSSR count). The van der Waals surface area contributed by atoms with Gasteiger partial charge in [-0.25, -0.2) is 0 Å². The molecule has 0 aliphatic rings. The molecular weight excluding hydrogens is 282 g/mol. The fourth-order valence-electron chi connectivity index (χ4n) is 1.72. The molecule has 2 aromatic carbocycles. The van der Waals surface area contributed by atoms with Crippen molar-refractivity contribution in [1.82, 2.24) is 0 Å². The van der Waals surface area contributed by atoms with Gasteiger partial charge in [0.25, 0.3) is 5.91 Å². The predicted octanol–water partition coefficient (Wildman–Crippen LogP) is 3.68. The molecule has 4 heteroatoms. The van der Waals surface area contributed by atoms with E-state index >= 15 is 0 Å². The van der Waals surface area contributed by atoms with E-state index in [9.17, 15) is 4.79 Å². The van der Waals surface area contributed by atoms with Gasteiger partial charge in [0.2, 0.25) is 0 Å². The molecule has 0 aliphatic carbocycles. The Balaban J connectivity index is 2.05. The first-order chi connectivity index (χ1) is 10.3. The number of carbonyl (C=O) groups excluding carboxylic acids is 1. The summed E-state index contributed by atoms with van der Waals surface area (Å²) >= 11 is 1.47. The van der Waals surface area contributed by atoms with E-state index in [-0.39, 0.29) is 12.5 Å². The van der Waals surface area contributed by atoms with Crippen LogP contribution >= 0.6 is 11.8 Å². The summed E-state index contributed by atoms with van der Waals surface area (Å²) in [7, 11) is 0. The van der Waals surface area contributed by atoms with Gasteiger partial charge in [-0.1, -0.05) is 48.2 Å². The summed E-state index contributed by atoms with van der Waals surface area (Å²) in [5.74, 6) is -0.182. The quantitative estimate of drug-likeness (QED) is 0.632. The highest BCUT2D eigenvalue weighted by Gasteiger charge is 2.09. The zero-order valence-electron chi connectivity index (χ0n) is 11.5. The van der Waals surface area contributed by atoms with Crippen LogP contribution in [0.3, 0.4) is 0 Å². The fourth-order valence-corrected chi connectivity index (χ4v) is 2.54. The molecule has 0 saturated heterocycles. The Kier molecular flexibility index (Phi) is 6.06. The molecule has 0 atom stereocenters. The Bertz CT molecular complexity index is 597. The van der Waals surface area contributed by atoms with Gasteiger partial charge >= 0.3 is 0 Å². The Hall–Kier alpha value is -2.04. The maximum Gasteiger partial charge on any atom is 0.252 e. The van der Waals surface area contributed by atoms with Crippen LogP contribution in [0.4, 0.5) is 5.69 Å². The molecule has 0 bridgehead atoms. The van der Waals surface area contributed by atoms with E-state index in [1.165, 1.54) is 11.8 Å². The molecule has 0 radical (unpaired) electrons. The summed E-state index contributed by atoms with van der Waals surface area (Å²) in [5.41, 5.74) is 1.31. The van der Waals surface area contributed by atoms with Crippen LogP contribution in [0.15, 0.2) is 76.5 Å². The van der Waals surface area contributed by atoms with E-state index in [1.54, 1.807) is 5.41 Å².